The Morgan fingerprint density at radius 2 is 1.71 bits per heavy atom. The first kappa shape index (κ1) is 23.6. The van der Waals surface area contributed by atoms with E-state index in [-0.39, 0.29) is 22.6 Å². The number of amides is 2. The number of aromatic nitrogens is 3. The molecule has 2 aromatic heterocycles. The molecular formula is C28H21N5O4S. The molecule has 188 valence electrons. The highest BCUT2D eigenvalue weighted by Crippen LogP contribution is 2.35. The van der Waals surface area contributed by atoms with Crippen LogP contribution in [0.3, 0.4) is 0 Å². The molecular weight excluding hydrogens is 502 g/mol. The number of hydrogen-bond acceptors (Lipinski definition) is 7. The molecule has 10 heteroatoms. The van der Waals surface area contributed by atoms with Gasteiger partial charge in [-0.2, -0.15) is 9.50 Å². The first-order chi connectivity index (χ1) is 18.5. The smallest absolute Gasteiger partial charge is 0.291 e. The number of carbonyl (C=O) groups is 2. The van der Waals surface area contributed by atoms with Gasteiger partial charge in [0, 0.05) is 16.8 Å². The summed E-state index contributed by atoms with van der Waals surface area (Å²) in [5, 5.41) is 7.19. The summed E-state index contributed by atoms with van der Waals surface area (Å²) in [6, 6.07) is 23.5. The number of ether oxygens (including phenoxy) is 1. The van der Waals surface area contributed by atoms with Crippen LogP contribution in [-0.4, -0.2) is 39.6 Å². The number of rotatable bonds is 6. The van der Waals surface area contributed by atoms with E-state index in [1.54, 1.807) is 48.5 Å². The zero-order valence-electron chi connectivity index (χ0n) is 20.2. The molecule has 1 aliphatic rings. The predicted octanol–water partition coefficient (Wildman–Crippen LogP) is 3.12. The number of benzene rings is 3. The lowest BCUT2D eigenvalue weighted by molar-refractivity contribution is -0.118. The fourth-order valence-corrected chi connectivity index (χ4v) is 5.39. The summed E-state index contributed by atoms with van der Waals surface area (Å²) in [4.78, 5) is 46.1. The number of hydrogen-bond donors (Lipinski definition) is 1. The highest BCUT2D eigenvalue weighted by molar-refractivity contribution is 7.15. The van der Waals surface area contributed by atoms with Crippen LogP contribution in [0, 0.1) is 0 Å². The van der Waals surface area contributed by atoms with Gasteiger partial charge in [0.1, 0.15) is 16.8 Å². The van der Waals surface area contributed by atoms with Crippen molar-refractivity contribution in [2.24, 2.45) is 0 Å². The van der Waals surface area contributed by atoms with Gasteiger partial charge >= 0.3 is 0 Å². The molecule has 9 nitrogen and oxygen atoms in total. The molecule has 1 aliphatic heterocycles. The maximum atomic E-state index is 13.6. The van der Waals surface area contributed by atoms with E-state index in [0.717, 1.165) is 16.9 Å². The monoisotopic (exact) mass is 523 g/mol. The van der Waals surface area contributed by atoms with Crippen molar-refractivity contribution in [3.05, 3.63) is 99.3 Å². The lowest BCUT2D eigenvalue weighted by Crippen LogP contribution is -2.37. The van der Waals surface area contributed by atoms with Crippen molar-refractivity contribution in [3.8, 4) is 17.1 Å². The molecule has 0 radical (unpaired) electrons. The zero-order valence-corrected chi connectivity index (χ0v) is 21.1. The lowest BCUT2D eigenvalue weighted by Gasteiger charge is -2.16. The minimum absolute atomic E-state index is 0.209. The normalized spacial score (nSPS) is 14.1. The average molecular weight is 524 g/mol. The third-order valence-electron chi connectivity index (χ3n) is 6.09. The molecule has 3 aromatic carbocycles. The van der Waals surface area contributed by atoms with E-state index >= 15 is 0 Å². The topological polar surface area (TPSA) is 106 Å². The molecule has 6 rings (SSSR count). The maximum Gasteiger partial charge on any atom is 0.291 e. The Morgan fingerprint density at radius 1 is 0.974 bits per heavy atom. The van der Waals surface area contributed by atoms with Crippen molar-refractivity contribution >= 4 is 45.1 Å². The molecule has 38 heavy (non-hydrogen) atoms. The third kappa shape index (κ3) is 4.10. The van der Waals surface area contributed by atoms with Crippen LogP contribution < -0.4 is 25.0 Å². The summed E-state index contributed by atoms with van der Waals surface area (Å²) >= 11 is 1.11. The number of fused-ring (bicyclic) bond motifs is 2. The standard InChI is InChI=1S/C28H21N5O4S/c1-2-37-19-14-12-18(13-15-19)29-22(34)16-32-21-11-7-6-10-20(21)23(26(32)35)24-27(36)33-28(38-24)30-25(31-33)17-8-4-3-5-9-17/h3-15H,2,16H2,1H3,(H,29,34). The van der Waals surface area contributed by atoms with Crippen molar-refractivity contribution < 1.29 is 14.3 Å². The number of para-hydroxylation sites is 1. The number of anilines is 2. The molecule has 0 saturated heterocycles. The van der Waals surface area contributed by atoms with Gasteiger partial charge in [0.05, 0.1) is 17.9 Å². The summed E-state index contributed by atoms with van der Waals surface area (Å²) in [5.41, 5.74) is 2.37. The van der Waals surface area contributed by atoms with Gasteiger partial charge in [-0.25, -0.2) is 0 Å². The van der Waals surface area contributed by atoms with Crippen LogP contribution in [-0.2, 0) is 9.59 Å². The Morgan fingerprint density at radius 3 is 2.45 bits per heavy atom. The molecule has 0 saturated carbocycles. The van der Waals surface area contributed by atoms with Gasteiger partial charge in [0.15, 0.2) is 5.82 Å². The van der Waals surface area contributed by atoms with Crippen molar-refractivity contribution in [3.63, 3.8) is 0 Å². The van der Waals surface area contributed by atoms with E-state index in [1.165, 1.54) is 9.42 Å². The number of nitrogens with zero attached hydrogens (tertiary/aromatic N) is 4. The Labute approximate surface area is 220 Å². The minimum Gasteiger partial charge on any atom is -0.494 e. The molecule has 0 atom stereocenters. The van der Waals surface area contributed by atoms with Crippen LogP contribution in [0.25, 0.3) is 21.9 Å². The first-order valence-electron chi connectivity index (χ1n) is 12.0. The Hall–Kier alpha value is -4.83. The summed E-state index contributed by atoms with van der Waals surface area (Å²) in [6.45, 7) is 2.24. The van der Waals surface area contributed by atoms with Gasteiger partial charge in [0.25, 0.3) is 11.5 Å². The molecule has 0 spiro atoms. The van der Waals surface area contributed by atoms with Gasteiger partial charge < -0.3 is 10.1 Å². The molecule has 5 aromatic rings. The van der Waals surface area contributed by atoms with E-state index in [0.29, 0.717) is 40.1 Å². The zero-order chi connectivity index (χ0) is 26.2. The fourth-order valence-electron chi connectivity index (χ4n) is 4.40. The van der Waals surface area contributed by atoms with Crippen LogP contribution in [0.2, 0.25) is 0 Å². The van der Waals surface area contributed by atoms with Crippen LogP contribution in [0.4, 0.5) is 11.4 Å². The largest absolute Gasteiger partial charge is 0.494 e. The van der Waals surface area contributed by atoms with Crippen LogP contribution in [0.1, 0.15) is 12.5 Å². The van der Waals surface area contributed by atoms with Crippen LogP contribution in [0.5, 0.6) is 5.75 Å². The van der Waals surface area contributed by atoms with Gasteiger partial charge in [-0.1, -0.05) is 59.9 Å². The van der Waals surface area contributed by atoms with E-state index in [2.05, 4.69) is 15.4 Å². The minimum atomic E-state index is -0.419. The highest BCUT2D eigenvalue weighted by atomic mass is 32.1. The van der Waals surface area contributed by atoms with Gasteiger partial charge in [0.2, 0.25) is 10.9 Å². The Bertz CT molecular complexity index is 1790. The predicted molar refractivity (Wildman–Crippen MR) is 145 cm³/mol. The summed E-state index contributed by atoms with van der Waals surface area (Å²) in [7, 11) is 0. The van der Waals surface area contributed by atoms with Crippen molar-refractivity contribution in [2.45, 2.75) is 6.92 Å². The molecule has 1 N–H and O–H groups in total. The lowest BCUT2D eigenvalue weighted by atomic mass is 10.1. The molecule has 0 bridgehead atoms. The van der Waals surface area contributed by atoms with Crippen LogP contribution >= 0.6 is 11.3 Å². The SMILES string of the molecule is CCOc1ccc(NC(=O)CN2C(=O)C(=c3sc4nc(-c5ccccc5)nn4c3=O)c3ccccc32)cc1. The Balaban J connectivity index is 1.33. The first-order valence-corrected chi connectivity index (χ1v) is 12.8. The van der Waals surface area contributed by atoms with Crippen molar-refractivity contribution in [2.75, 3.05) is 23.4 Å². The van der Waals surface area contributed by atoms with E-state index < -0.39 is 11.5 Å². The highest BCUT2D eigenvalue weighted by Gasteiger charge is 2.35. The molecule has 2 amide bonds. The molecule has 0 fully saturated rings. The van der Waals surface area contributed by atoms with E-state index in [1.807, 2.05) is 37.3 Å². The second-order valence-electron chi connectivity index (χ2n) is 8.52. The summed E-state index contributed by atoms with van der Waals surface area (Å²) in [5.74, 6) is 0.361. The van der Waals surface area contributed by atoms with Crippen LogP contribution in [0.15, 0.2) is 83.7 Å². The number of thiazole rings is 1. The molecule has 3 heterocycles. The second-order valence-corrected chi connectivity index (χ2v) is 9.50. The molecule has 0 unspecified atom stereocenters. The third-order valence-corrected chi connectivity index (χ3v) is 7.12. The number of nitrogens with one attached hydrogen (secondary N) is 1. The van der Waals surface area contributed by atoms with Gasteiger partial charge in [-0.3, -0.25) is 19.3 Å². The Kier molecular flexibility index (Phi) is 5.93. The second kappa shape index (κ2) is 9.56. The van der Waals surface area contributed by atoms with Gasteiger partial charge in [-0.05, 0) is 37.3 Å². The van der Waals surface area contributed by atoms with Crippen molar-refractivity contribution in [1.82, 2.24) is 14.6 Å². The van der Waals surface area contributed by atoms with Gasteiger partial charge in [-0.15, -0.1) is 5.10 Å². The molecule has 0 aliphatic carbocycles. The quantitative estimate of drug-likeness (QED) is 0.367. The number of carbonyl (C=O) groups excluding carboxylic acids is 2. The maximum absolute atomic E-state index is 13.6. The van der Waals surface area contributed by atoms with E-state index in [9.17, 15) is 14.4 Å². The van der Waals surface area contributed by atoms with Crippen molar-refractivity contribution in [1.29, 1.82) is 0 Å². The summed E-state index contributed by atoms with van der Waals surface area (Å²) < 4.78 is 6.90. The fraction of sp³-hybridized carbons (Fsp3) is 0.107. The summed E-state index contributed by atoms with van der Waals surface area (Å²) in [6.07, 6.45) is 0. The van der Waals surface area contributed by atoms with E-state index in [4.69, 9.17) is 4.74 Å². The average Bonchev–Trinajstić information content (AvgIpc) is 3.57.